The van der Waals surface area contributed by atoms with Crippen molar-refractivity contribution in [1.82, 2.24) is 0 Å². The van der Waals surface area contributed by atoms with Gasteiger partial charge in [-0.1, -0.05) is 18.0 Å². The van der Waals surface area contributed by atoms with Crippen molar-refractivity contribution in [2.24, 2.45) is 0 Å². The molecule has 17 heavy (non-hydrogen) atoms. The molecule has 0 saturated heterocycles. The summed E-state index contributed by atoms with van der Waals surface area (Å²) in [5.41, 5.74) is 1.02. The van der Waals surface area contributed by atoms with Crippen molar-refractivity contribution in [3.05, 3.63) is 33.6 Å². The van der Waals surface area contributed by atoms with Crippen molar-refractivity contribution >= 4 is 17.6 Å². The van der Waals surface area contributed by atoms with Crippen LogP contribution in [0.4, 0.5) is 4.39 Å². The molecular weight excluding hydrogens is 243 g/mol. The van der Waals surface area contributed by atoms with Gasteiger partial charge >= 0.3 is 5.97 Å². The molecule has 4 heteroatoms. The van der Waals surface area contributed by atoms with Crippen LogP contribution in [-0.2, 0) is 10.2 Å². The fourth-order valence-electron chi connectivity index (χ4n) is 2.51. The Morgan fingerprint density at radius 3 is 2.47 bits per heavy atom. The number of carboxylic acids is 1. The second-order valence-corrected chi connectivity index (χ2v) is 5.11. The molecule has 0 aromatic heterocycles. The number of hydrogen-bond acceptors (Lipinski definition) is 1. The quantitative estimate of drug-likeness (QED) is 0.878. The molecule has 92 valence electrons. The minimum absolute atomic E-state index is 0.0322. The summed E-state index contributed by atoms with van der Waals surface area (Å²) in [4.78, 5) is 11.4. The molecule has 1 aliphatic rings. The predicted octanol–water partition coefficient (Wildman–Crippen LogP) is 3.60. The van der Waals surface area contributed by atoms with Crippen molar-refractivity contribution in [2.45, 2.75) is 38.5 Å². The number of hydrogen-bond donors (Lipinski definition) is 1. The fourth-order valence-corrected chi connectivity index (χ4v) is 2.89. The lowest BCUT2D eigenvalue weighted by atomic mass is 9.63. The van der Waals surface area contributed by atoms with Crippen LogP contribution in [0.5, 0.6) is 0 Å². The topological polar surface area (TPSA) is 37.3 Å². The van der Waals surface area contributed by atoms with E-state index in [2.05, 4.69) is 0 Å². The largest absolute Gasteiger partial charge is 0.481 e. The van der Waals surface area contributed by atoms with Crippen LogP contribution >= 0.6 is 11.6 Å². The number of halogens is 2. The highest BCUT2D eigenvalue weighted by Gasteiger charge is 2.48. The minimum Gasteiger partial charge on any atom is -0.481 e. The van der Waals surface area contributed by atoms with E-state index in [0.29, 0.717) is 18.4 Å². The Balaban J connectivity index is 2.70. The highest BCUT2D eigenvalue weighted by atomic mass is 35.5. The predicted molar refractivity (Wildman–Crippen MR) is 64.0 cm³/mol. The van der Waals surface area contributed by atoms with Crippen LogP contribution in [-0.4, -0.2) is 11.1 Å². The summed E-state index contributed by atoms with van der Waals surface area (Å²) in [5, 5.41) is 9.35. The Hall–Kier alpha value is -1.09. The van der Waals surface area contributed by atoms with Crippen LogP contribution in [0.1, 0.15) is 36.0 Å². The molecule has 0 radical (unpaired) electrons. The first-order valence-electron chi connectivity index (χ1n) is 5.59. The second kappa shape index (κ2) is 3.98. The van der Waals surface area contributed by atoms with Gasteiger partial charge in [-0.05, 0) is 49.4 Å². The maximum atomic E-state index is 13.6. The van der Waals surface area contributed by atoms with Crippen LogP contribution in [0.15, 0.2) is 6.07 Å². The zero-order chi connectivity index (χ0) is 12.8. The van der Waals surface area contributed by atoms with Gasteiger partial charge in [-0.15, -0.1) is 0 Å². The third kappa shape index (κ3) is 1.64. The van der Waals surface area contributed by atoms with Crippen molar-refractivity contribution in [3.8, 4) is 0 Å². The van der Waals surface area contributed by atoms with E-state index in [1.165, 1.54) is 6.07 Å². The molecule has 1 N–H and O–H groups in total. The highest BCUT2D eigenvalue weighted by Crippen LogP contribution is 2.48. The van der Waals surface area contributed by atoms with E-state index in [1.54, 1.807) is 13.8 Å². The van der Waals surface area contributed by atoms with Gasteiger partial charge in [0.25, 0.3) is 0 Å². The Bertz CT molecular complexity index is 466. The smallest absolute Gasteiger partial charge is 0.314 e. The molecule has 0 aliphatic heterocycles. The lowest BCUT2D eigenvalue weighted by molar-refractivity contribution is -0.147. The molecule has 1 aromatic rings. The van der Waals surface area contributed by atoms with Crippen LogP contribution < -0.4 is 0 Å². The van der Waals surface area contributed by atoms with Crippen LogP contribution in [0.25, 0.3) is 0 Å². The Kier molecular flexibility index (Phi) is 2.90. The summed E-state index contributed by atoms with van der Waals surface area (Å²) >= 11 is 5.97. The van der Waals surface area contributed by atoms with Crippen LogP contribution in [0.2, 0.25) is 5.02 Å². The van der Waals surface area contributed by atoms with Gasteiger partial charge in [-0.25, -0.2) is 4.39 Å². The summed E-state index contributed by atoms with van der Waals surface area (Å²) < 4.78 is 13.6. The molecule has 0 atom stereocenters. The monoisotopic (exact) mass is 256 g/mol. The third-order valence-corrected chi connectivity index (χ3v) is 4.20. The van der Waals surface area contributed by atoms with Gasteiger partial charge in [0.15, 0.2) is 0 Å². The first-order valence-corrected chi connectivity index (χ1v) is 5.97. The molecule has 1 aliphatic carbocycles. The molecule has 0 unspecified atom stereocenters. The number of aryl methyl sites for hydroxylation is 1. The van der Waals surface area contributed by atoms with Gasteiger partial charge in [0, 0.05) is 0 Å². The molecule has 1 saturated carbocycles. The highest BCUT2D eigenvalue weighted by molar-refractivity contribution is 6.32. The van der Waals surface area contributed by atoms with Gasteiger partial charge < -0.3 is 5.11 Å². The van der Waals surface area contributed by atoms with Crippen LogP contribution in [0, 0.1) is 19.7 Å². The lowest BCUT2D eigenvalue weighted by Crippen LogP contribution is -2.43. The number of aliphatic carboxylic acids is 1. The number of rotatable bonds is 2. The van der Waals surface area contributed by atoms with Crippen molar-refractivity contribution in [2.75, 3.05) is 0 Å². The average molecular weight is 257 g/mol. The second-order valence-electron chi connectivity index (χ2n) is 4.73. The molecule has 0 spiro atoms. The van der Waals surface area contributed by atoms with E-state index in [0.717, 1.165) is 17.5 Å². The summed E-state index contributed by atoms with van der Waals surface area (Å²) in [6.07, 6.45) is 1.91. The van der Waals surface area contributed by atoms with E-state index in [9.17, 15) is 14.3 Å². The fraction of sp³-hybridized carbons (Fsp3) is 0.462. The summed E-state index contributed by atoms with van der Waals surface area (Å²) in [5.74, 6) is -1.43. The number of carbonyl (C=O) groups is 1. The summed E-state index contributed by atoms with van der Waals surface area (Å²) in [6, 6.07) is 1.36. The zero-order valence-corrected chi connectivity index (χ0v) is 10.6. The van der Waals surface area contributed by atoms with E-state index in [1.807, 2.05) is 0 Å². The first-order chi connectivity index (χ1) is 7.90. The number of carboxylic acid groups (broad SMARTS) is 1. The van der Waals surface area contributed by atoms with Crippen molar-refractivity contribution in [1.29, 1.82) is 0 Å². The van der Waals surface area contributed by atoms with E-state index >= 15 is 0 Å². The molecule has 0 heterocycles. The molecule has 1 aromatic carbocycles. The van der Waals surface area contributed by atoms with Gasteiger partial charge in [-0.2, -0.15) is 0 Å². The van der Waals surface area contributed by atoms with E-state index < -0.39 is 17.2 Å². The Morgan fingerprint density at radius 2 is 2.06 bits per heavy atom. The summed E-state index contributed by atoms with van der Waals surface area (Å²) in [7, 11) is 0. The van der Waals surface area contributed by atoms with Crippen LogP contribution in [0.3, 0.4) is 0 Å². The molecule has 0 amide bonds. The average Bonchev–Trinajstić information content (AvgIpc) is 2.18. The first kappa shape index (κ1) is 12.4. The molecule has 2 rings (SSSR count). The standard InChI is InChI=1S/C13H14ClFO2/c1-7-6-9(15)11(14)10(8(7)2)13(12(16)17)4-3-5-13/h6H,3-5H2,1-2H3,(H,16,17). The van der Waals surface area contributed by atoms with E-state index in [-0.39, 0.29) is 5.02 Å². The maximum absolute atomic E-state index is 13.6. The van der Waals surface area contributed by atoms with E-state index in [4.69, 9.17) is 11.6 Å². The number of benzene rings is 1. The molecule has 0 bridgehead atoms. The summed E-state index contributed by atoms with van der Waals surface area (Å²) in [6.45, 7) is 3.57. The third-order valence-electron chi connectivity index (χ3n) is 3.83. The zero-order valence-electron chi connectivity index (χ0n) is 9.81. The molecule has 2 nitrogen and oxygen atoms in total. The SMILES string of the molecule is Cc1cc(F)c(Cl)c(C2(C(=O)O)CCC2)c1C. The van der Waals surface area contributed by atoms with Gasteiger partial charge in [0.05, 0.1) is 10.4 Å². The van der Waals surface area contributed by atoms with Gasteiger partial charge in [0.1, 0.15) is 5.82 Å². The van der Waals surface area contributed by atoms with Crippen molar-refractivity contribution in [3.63, 3.8) is 0 Å². The van der Waals surface area contributed by atoms with Crippen molar-refractivity contribution < 1.29 is 14.3 Å². The molecule has 1 fully saturated rings. The van der Waals surface area contributed by atoms with Gasteiger partial charge in [-0.3, -0.25) is 4.79 Å². The Morgan fingerprint density at radius 1 is 1.47 bits per heavy atom. The normalized spacial score (nSPS) is 17.6. The Labute approximate surface area is 104 Å². The lowest BCUT2D eigenvalue weighted by Gasteiger charge is -2.40. The van der Waals surface area contributed by atoms with Gasteiger partial charge in [0.2, 0.25) is 0 Å². The maximum Gasteiger partial charge on any atom is 0.314 e. The molecular formula is C13H14ClFO2. The minimum atomic E-state index is -0.978.